The van der Waals surface area contributed by atoms with Gasteiger partial charge in [-0.05, 0) is 0 Å². The average Bonchev–Trinajstić information content (AvgIpc) is 0. The van der Waals surface area contributed by atoms with Crippen molar-refractivity contribution in [1.82, 2.24) is 0 Å². The molecule has 0 fully saturated rings. The molecule has 0 saturated heterocycles. The molecule has 0 aromatic rings. The topological polar surface area (TPSA) is 0 Å². The molecule has 0 atom stereocenters. The standard InChI is InChI=1S/Ce.Dy.Eu.Ho.La.Y.Yb. The van der Waals surface area contributed by atoms with Crippen LogP contribution < -0.4 is 0 Å². The Morgan fingerprint density at radius 2 is 1.00 bits per heavy atom. The van der Waals surface area contributed by atoms with Gasteiger partial charge >= 0.3 is 0 Å². The van der Waals surface area contributed by atoms with E-state index in [-0.39, 0.29) is 282 Å². The summed E-state index contributed by atoms with van der Waals surface area (Å²) >= 11 is 0. The Morgan fingerprint density at radius 3 is 1.00 bits per heavy atom. The monoisotopic (exact) mass is 1020 g/mol. The third-order valence-electron chi connectivity index (χ3n) is 0. The van der Waals surface area contributed by atoms with Crippen LogP contribution in [0.15, 0.2) is 0 Å². The van der Waals surface area contributed by atoms with Crippen LogP contribution in [0.25, 0.3) is 0 Å². The first-order valence-electron chi connectivity index (χ1n) is 0. The molecule has 0 aliphatic carbocycles. The van der Waals surface area contributed by atoms with E-state index in [1.54, 1.807) is 0 Å². The molecule has 0 amide bonds. The molecule has 7 heavy (non-hydrogen) atoms. The molecule has 0 nitrogen and oxygen atoms in total. The van der Waals surface area contributed by atoms with Crippen LogP contribution >= 0.6 is 0 Å². The molecule has 0 rings (SSSR count). The maximum Gasteiger partial charge on any atom is 0 e. The Bertz CT molecular complexity index is 19.7. The van der Waals surface area contributed by atoms with E-state index in [9.17, 15) is 0 Å². The second-order valence-electron chi connectivity index (χ2n) is 0. The molecule has 7 heteroatoms. The van der Waals surface area contributed by atoms with Crippen molar-refractivity contribution in [3.63, 3.8) is 0 Å². The summed E-state index contributed by atoms with van der Waals surface area (Å²) in [6.07, 6.45) is 0. The van der Waals surface area contributed by atoms with E-state index in [4.69, 9.17) is 0 Å². The minimum absolute atomic E-state index is 0. The van der Waals surface area contributed by atoms with Gasteiger partial charge < -0.3 is 0 Å². The van der Waals surface area contributed by atoms with Gasteiger partial charge in [0.1, 0.15) is 0 Å². The van der Waals surface area contributed by atoms with Crippen LogP contribution in [0.5, 0.6) is 0 Å². The van der Waals surface area contributed by atoms with Gasteiger partial charge in [-0.15, -0.1) is 0 Å². The van der Waals surface area contributed by atoms with Gasteiger partial charge in [0, 0.05) is 282 Å². The first-order valence-corrected chi connectivity index (χ1v) is 0. The van der Waals surface area contributed by atoms with Crippen molar-refractivity contribution in [3.05, 3.63) is 0 Å². The molecule has 0 N–H and O–H groups in total. The molecule has 0 spiro atoms. The van der Waals surface area contributed by atoms with E-state index in [0.717, 1.165) is 0 Å². The third-order valence-corrected chi connectivity index (χ3v) is 0. The Kier molecular flexibility index (Phi) is 228. The van der Waals surface area contributed by atoms with E-state index in [1.165, 1.54) is 0 Å². The molecular formula is CeDyEuHoLaYYb. The van der Waals surface area contributed by atoms with Crippen molar-refractivity contribution in [2.45, 2.75) is 0 Å². The zero-order chi connectivity index (χ0) is 0. The Hall–Kier alpha value is 9.31. The maximum atomic E-state index is 0. The molecule has 0 unspecified atom stereocenters. The summed E-state index contributed by atoms with van der Waals surface area (Å²) in [5.41, 5.74) is 0. The van der Waals surface area contributed by atoms with Crippen molar-refractivity contribution < 1.29 is 282 Å². The zero-order valence-electron chi connectivity index (χ0n) is 2.92. The van der Waals surface area contributed by atoms with Gasteiger partial charge in [0.15, 0.2) is 0 Å². The van der Waals surface area contributed by atoms with Gasteiger partial charge in [-0.1, -0.05) is 0 Å². The fraction of sp³-hybridized carbons (Fsp3) is 0. The Labute approximate surface area is 271 Å². The predicted molar refractivity (Wildman–Crippen MR) is 0 cm³/mol. The summed E-state index contributed by atoms with van der Waals surface area (Å²) in [7, 11) is 0. The van der Waals surface area contributed by atoms with Crippen LogP contribution in [0.2, 0.25) is 0 Å². The summed E-state index contributed by atoms with van der Waals surface area (Å²) in [6, 6.07) is 0. The zero-order valence-corrected chi connectivity index (χ0v) is 20.6. The average molecular weight is 1020 g/mol. The summed E-state index contributed by atoms with van der Waals surface area (Å²) in [6.45, 7) is 0. The Balaban J connectivity index is 0. The number of hydrogen-bond donors (Lipinski definition) is 0. The largest absolute Gasteiger partial charge is 0 e. The van der Waals surface area contributed by atoms with E-state index < -0.39 is 0 Å². The van der Waals surface area contributed by atoms with Gasteiger partial charge in [-0.3, -0.25) is 0 Å². The molecule has 0 saturated carbocycles. The molecule has 0 aliphatic rings. The van der Waals surface area contributed by atoms with Crippen molar-refractivity contribution in [2.24, 2.45) is 0 Å². The smallest absolute Gasteiger partial charge is 0 e. The predicted octanol–water partition coefficient (Wildman–Crippen LogP) is -0.00250. The molecule has 0 heterocycles. The normalized spacial score (nSPS) is 0. The van der Waals surface area contributed by atoms with Crippen LogP contribution in [0.3, 0.4) is 0 Å². The van der Waals surface area contributed by atoms with Crippen LogP contribution in [-0.2, 0) is 32.7 Å². The van der Waals surface area contributed by atoms with E-state index in [2.05, 4.69) is 0 Å². The molecule has 52 valence electrons. The van der Waals surface area contributed by atoms with Crippen LogP contribution in [0.4, 0.5) is 0 Å². The summed E-state index contributed by atoms with van der Waals surface area (Å²) < 4.78 is 0. The first-order chi connectivity index (χ1) is 0. The molecular weight excluding hydrogens is 1020 g/mol. The second-order valence-corrected chi connectivity index (χ2v) is 0. The molecule has 0 bridgehead atoms. The summed E-state index contributed by atoms with van der Waals surface area (Å²) in [5, 5.41) is 0. The number of hydrogen-bond acceptors (Lipinski definition) is 0. The van der Waals surface area contributed by atoms with Crippen LogP contribution in [0, 0.1) is 250 Å². The van der Waals surface area contributed by atoms with Crippen LogP contribution in [-0.4, -0.2) is 0 Å². The molecule has 0 aromatic carbocycles. The summed E-state index contributed by atoms with van der Waals surface area (Å²) in [5.74, 6) is 0. The maximum absolute atomic E-state index is 0. The molecule has 0 aromatic heterocycles. The Morgan fingerprint density at radius 1 is 1.00 bits per heavy atom. The third kappa shape index (κ3) is 31.3. The van der Waals surface area contributed by atoms with Gasteiger partial charge in [-0.25, -0.2) is 0 Å². The SMILES string of the molecule is [Ce].[Dy].[Eu].[Ho].[La].[Y].[Yb]. The van der Waals surface area contributed by atoms with Crippen LogP contribution in [0.1, 0.15) is 0 Å². The summed E-state index contributed by atoms with van der Waals surface area (Å²) in [4.78, 5) is 0. The van der Waals surface area contributed by atoms with Crippen molar-refractivity contribution in [2.75, 3.05) is 0 Å². The van der Waals surface area contributed by atoms with Gasteiger partial charge in [0.05, 0.1) is 0 Å². The minimum atomic E-state index is 0. The van der Waals surface area contributed by atoms with Gasteiger partial charge in [0.2, 0.25) is 0 Å². The van der Waals surface area contributed by atoms with Crippen molar-refractivity contribution in [3.8, 4) is 0 Å². The van der Waals surface area contributed by atoms with E-state index in [0.29, 0.717) is 0 Å². The fourth-order valence-corrected chi connectivity index (χ4v) is 0. The quantitative estimate of drug-likeness (QED) is 0.301. The van der Waals surface area contributed by atoms with Crippen molar-refractivity contribution >= 4 is 0 Å². The fourth-order valence-electron chi connectivity index (χ4n) is 0. The molecule has 4 radical (unpaired) electrons. The van der Waals surface area contributed by atoms with Gasteiger partial charge in [-0.2, -0.15) is 0 Å². The number of rotatable bonds is 0. The van der Waals surface area contributed by atoms with Gasteiger partial charge in [0.25, 0.3) is 0 Å². The van der Waals surface area contributed by atoms with E-state index in [1.807, 2.05) is 0 Å². The van der Waals surface area contributed by atoms with E-state index >= 15 is 0 Å². The minimum Gasteiger partial charge on any atom is 0 e. The molecule has 0 aliphatic heterocycles. The first kappa shape index (κ1) is 44.1. The second kappa shape index (κ2) is 36.2. The van der Waals surface area contributed by atoms with Crippen molar-refractivity contribution in [1.29, 1.82) is 0 Å².